The number of hydrogen-bond donors (Lipinski definition) is 2. The van der Waals surface area contributed by atoms with Crippen molar-refractivity contribution in [1.82, 2.24) is 0 Å². The summed E-state index contributed by atoms with van der Waals surface area (Å²) in [5.41, 5.74) is -0.927. The van der Waals surface area contributed by atoms with Crippen molar-refractivity contribution in [3.8, 4) is 0 Å². The van der Waals surface area contributed by atoms with Crippen molar-refractivity contribution < 1.29 is 34.1 Å². The SMILES string of the molecule is C=C1C(=O)[C@@]23[C@H](O)C[C@@H]4C(C)(C)CCC[C@@]4(COC(C)=O)[C@@H]2[C@@H](O)C[C@H]1[C@H]3OC(=O)c1cccc(C)c1. The summed E-state index contributed by atoms with van der Waals surface area (Å²) in [4.78, 5) is 39.5. The summed E-state index contributed by atoms with van der Waals surface area (Å²) in [5.74, 6) is -2.75. The Balaban J connectivity index is 1.65. The molecule has 2 N–H and O–H groups in total. The maximum atomic E-state index is 14.1. The summed E-state index contributed by atoms with van der Waals surface area (Å²) < 4.78 is 11.8. The van der Waals surface area contributed by atoms with Crippen LogP contribution in [0.2, 0.25) is 0 Å². The standard InChI is InChI=1S/C30H38O7/c1-16-8-6-9-19(12-16)27(35)37-26-20-13-21(32)24-29(15-36-18(3)31)11-7-10-28(4,5)22(29)14-23(33)30(24,26)25(34)17(20)2/h6,8-9,12,20-24,26,32-33H,2,7,10-11,13-15H2,1,3-5H3/t20-,21+,22-,23-,24+,26-,29+,30-/m1/s1. The number of aryl methyl sites for hydroxylation is 1. The van der Waals surface area contributed by atoms with E-state index in [1.165, 1.54) is 6.92 Å². The Morgan fingerprint density at radius 1 is 1.16 bits per heavy atom. The lowest BCUT2D eigenvalue weighted by Crippen LogP contribution is -2.72. The molecule has 1 aromatic rings. The van der Waals surface area contributed by atoms with Crippen LogP contribution in [0.4, 0.5) is 0 Å². The van der Waals surface area contributed by atoms with Crippen molar-refractivity contribution in [3.05, 3.63) is 47.5 Å². The van der Waals surface area contributed by atoms with E-state index in [0.29, 0.717) is 24.0 Å². The number of ether oxygens (including phenoxy) is 2. The van der Waals surface area contributed by atoms with Gasteiger partial charge in [0, 0.05) is 24.2 Å². The molecule has 200 valence electrons. The van der Waals surface area contributed by atoms with Crippen LogP contribution in [0.5, 0.6) is 0 Å². The number of carbonyl (C=O) groups excluding carboxylic acids is 3. The highest BCUT2D eigenvalue weighted by Crippen LogP contribution is 2.71. The van der Waals surface area contributed by atoms with Crippen LogP contribution in [-0.4, -0.2) is 52.9 Å². The van der Waals surface area contributed by atoms with Gasteiger partial charge in [0.05, 0.1) is 24.4 Å². The normalized spacial score (nSPS) is 39.9. The molecule has 0 heterocycles. The molecule has 0 aromatic heterocycles. The molecule has 4 saturated carbocycles. The second-order valence-corrected chi connectivity index (χ2v) is 12.5. The number of fused-ring (bicyclic) bond motifs is 3. The van der Waals surface area contributed by atoms with Gasteiger partial charge < -0.3 is 19.7 Å². The van der Waals surface area contributed by atoms with Crippen LogP contribution >= 0.6 is 0 Å². The van der Waals surface area contributed by atoms with E-state index >= 15 is 0 Å². The first-order valence-electron chi connectivity index (χ1n) is 13.4. The lowest BCUT2D eigenvalue weighted by molar-refractivity contribution is -0.264. The number of esters is 2. The van der Waals surface area contributed by atoms with E-state index in [1.54, 1.807) is 18.2 Å². The minimum Gasteiger partial charge on any atom is -0.465 e. The van der Waals surface area contributed by atoms with Gasteiger partial charge in [-0.15, -0.1) is 0 Å². The van der Waals surface area contributed by atoms with Gasteiger partial charge in [0.1, 0.15) is 11.5 Å². The zero-order valence-electron chi connectivity index (χ0n) is 22.2. The average molecular weight is 511 g/mol. The Morgan fingerprint density at radius 3 is 2.57 bits per heavy atom. The number of ketones is 1. The first kappa shape index (κ1) is 26.1. The van der Waals surface area contributed by atoms with E-state index < -0.39 is 52.9 Å². The van der Waals surface area contributed by atoms with Crippen LogP contribution in [-0.2, 0) is 19.1 Å². The van der Waals surface area contributed by atoms with Gasteiger partial charge in [-0.1, -0.05) is 44.5 Å². The molecule has 5 rings (SSSR count). The van der Waals surface area contributed by atoms with Gasteiger partial charge in [0.15, 0.2) is 5.78 Å². The monoisotopic (exact) mass is 510 g/mol. The summed E-state index contributed by atoms with van der Waals surface area (Å²) in [6.07, 6.45) is -0.124. The van der Waals surface area contributed by atoms with Crippen molar-refractivity contribution in [1.29, 1.82) is 0 Å². The molecule has 0 aliphatic heterocycles. The minimum atomic E-state index is -1.54. The fourth-order valence-electron chi connectivity index (χ4n) is 8.77. The first-order chi connectivity index (χ1) is 17.4. The number of rotatable bonds is 4. The number of Topliss-reactive ketones (excluding diaryl/α,β-unsaturated/α-hetero) is 1. The molecular formula is C30H38O7. The van der Waals surface area contributed by atoms with Gasteiger partial charge in [-0.3, -0.25) is 9.59 Å². The van der Waals surface area contributed by atoms with Gasteiger partial charge in [-0.25, -0.2) is 4.79 Å². The topological polar surface area (TPSA) is 110 Å². The largest absolute Gasteiger partial charge is 0.465 e. The Morgan fingerprint density at radius 2 is 1.89 bits per heavy atom. The van der Waals surface area contributed by atoms with Crippen molar-refractivity contribution in [2.24, 2.45) is 34.0 Å². The van der Waals surface area contributed by atoms with E-state index in [1.807, 2.05) is 13.0 Å². The fraction of sp³-hybridized carbons (Fsp3) is 0.633. The maximum absolute atomic E-state index is 14.1. The molecule has 4 fully saturated rings. The van der Waals surface area contributed by atoms with Gasteiger partial charge in [0.25, 0.3) is 0 Å². The van der Waals surface area contributed by atoms with Crippen LogP contribution in [0.3, 0.4) is 0 Å². The predicted molar refractivity (Wildman–Crippen MR) is 135 cm³/mol. The number of benzene rings is 1. The van der Waals surface area contributed by atoms with Gasteiger partial charge in [-0.05, 0) is 61.6 Å². The summed E-state index contributed by atoms with van der Waals surface area (Å²) >= 11 is 0. The highest BCUT2D eigenvalue weighted by atomic mass is 16.5. The fourth-order valence-corrected chi connectivity index (χ4v) is 8.77. The predicted octanol–water partition coefficient (Wildman–Crippen LogP) is 3.78. The number of hydrogen-bond acceptors (Lipinski definition) is 7. The molecule has 37 heavy (non-hydrogen) atoms. The molecule has 0 amide bonds. The molecule has 1 spiro atoms. The second-order valence-electron chi connectivity index (χ2n) is 12.5. The molecule has 1 aromatic carbocycles. The molecule has 0 saturated heterocycles. The van der Waals surface area contributed by atoms with E-state index in [0.717, 1.165) is 18.4 Å². The molecule has 4 aliphatic rings. The van der Waals surface area contributed by atoms with Crippen LogP contribution in [0, 0.1) is 40.9 Å². The number of carbonyl (C=O) groups is 3. The molecule has 8 atom stereocenters. The van der Waals surface area contributed by atoms with Gasteiger partial charge in [0.2, 0.25) is 0 Å². The van der Waals surface area contributed by atoms with E-state index in [2.05, 4.69) is 20.4 Å². The van der Waals surface area contributed by atoms with Crippen molar-refractivity contribution in [2.75, 3.05) is 6.61 Å². The number of aliphatic hydroxyl groups excluding tert-OH is 2. The lowest BCUT2D eigenvalue weighted by atomic mass is 9.39. The Hall–Kier alpha value is -2.51. The highest BCUT2D eigenvalue weighted by molar-refractivity contribution is 6.05. The molecule has 0 unspecified atom stereocenters. The second kappa shape index (κ2) is 8.77. The van der Waals surface area contributed by atoms with Gasteiger partial charge in [-0.2, -0.15) is 0 Å². The molecule has 4 aliphatic carbocycles. The average Bonchev–Trinajstić information content (AvgIpc) is 2.95. The third kappa shape index (κ3) is 3.64. The Labute approximate surface area is 218 Å². The van der Waals surface area contributed by atoms with Gasteiger partial charge >= 0.3 is 11.9 Å². The number of aliphatic hydroxyl groups is 2. The van der Waals surface area contributed by atoms with E-state index in [9.17, 15) is 24.6 Å². The zero-order chi connectivity index (χ0) is 26.9. The van der Waals surface area contributed by atoms with Crippen molar-refractivity contribution in [2.45, 2.75) is 78.1 Å². The summed E-state index contributed by atoms with van der Waals surface area (Å²) in [6.45, 7) is 11.6. The molecular weight excluding hydrogens is 472 g/mol. The Kier molecular flexibility index (Phi) is 6.19. The molecule has 7 nitrogen and oxygen atoms in total. The van der Waals surface area contributed by atoms with Crippen LogP contribution < -0.4 is 0 Å². The van der Waals surface area contributed by atoms with Crippen LogP contribution in [0.1, 0.15) is 68.8 Å². The zero-order valence-corrected chi connectivity index (χ0v) is 22.2. The quantitative estimate of drug-likeness (QED) is 0.469. The van der Waals surface area contributed by atoms with Crippen molar-refractivity contribution in [3.63, 3.8) is 0 Å². The third-order valence-corrected chi connectivity index (χ3v) is 10.1. The minimum absolute atomic E-state index is 0.0512. The lowest BCUT2D eigenvalue weighted by Gasteiger charge is -2.66. The maximum Gasteiger partial charge on any atom is 0.338 e. The molecule has 2 bridgehead atoms. The molecule has 7 heteroatoms. The summed E-state index contributed by atoms with van der Waals surface area (Å²) in [7, 11) is 0. The Bertz CT molecular complexity index is 1150. The summed E-state index contributed by atoms with van der Waals surface area (Å²) in [6, 6.07) is 7.05. The van der Waals surface area contributed by atoms with Crippen LogP contribution in [0.15, 0.2) is 36.4 Å². The summed E-state index contributed by atoms with van der Waals surface area (Å²) in [5, 5.41) is 23.6. The third-order valence-electron chi connectivity index (χ3n) is 10.1. The molecule has 0 radical (unpaired) electrons. The van der Waals surface area contributed by atoms with Crippen LogP contribution in [0.25, 0.3) is 0 Å². The van der Waals surface area contributed by atoms with E-state index in [4.69, 9.17) is 9.47 Å². The highest BCUT2D eigenvalue weighted by Gasteiger charge is 2.78. The van der Waals surface area contributed by atoms with Crippen molar-refractivity contribution >= 4 is 17.7 Å². The smallest absolute Gasteiger partial charge is 0.338 e. The van der Waals surface area contributed by atoms with E-state index in [-0.39, 0.29) is 30.1 Å². The first-order valence-corrected chi connectivity index (χ1v) is 13.4.